The summed E-state index contributed by atoms with van der Waals surface area (Å²) in [5.74, 6) is -0.586. The van der Waals surface area contributed by atoms with E-state index < -0.39 is 6.10 Å². The van der Waals surface area contributed by atoms with Crippen molar-refractivity contribution in [2.24, 2.45) is 0 Å². The van der Waals surface area contributed by atoms with Crippen LogP contribution in [0.4, 0.5) is 0 Å². The fourth-order valence-corrected chi connectivity index (χ4v) is 5.78. The summed E-state index contributed by atoms with van der Waals surface area (Å²) in [5, 5.41) is 9.53. The first-order valence-electron chi connectivity index (χ1n) is 19.7. The topological polar surface area (TPSA) is 72.8 Å². The van der Waals surface area contributed by atoms with Crippen molar-refractivity contribution in [1.82, 2.24) is 0 Å². The van der Waals surface area contributed by atoms with Crippen LogP contribution >= 0.6 is 0 Å². The Labute approximate surface area is 280 Å². The van der Waals surface area contributed by atoms with Gasteiger partial charge >= 0.3 is 11.9 Å². The number of hydrogen-bond acceptors (Lipinski definition) is 5. The molecule has 0 bridgehead atoms. The first-order chi connectivity index (χ1) is 22.1. The first-order valence-corrected chi connectivity index (χ1v) is 19.7. The number of aliphatic hydroxyl groups is 1. The van der Waals surface area contributed by atoms with Crippen LogP contribution in [0.3, 0.4) is 0 Å². The van der Waals surface area contributed by atoms with Crippen LogP contribution in [0, 0.1) is 0 Å². The third-order valence-electron chi connectivity index (χ3n) is 8.81. The minimum Gasteiger partial charge on any atom is -0.462 e. The Morgan fingerprint density at radius 3 is 1.20 bits per heavy atom. The quantitative estimate of drug-likeness (QED) is 0.0421. The Bertz CT molecular complexity index is 647. The number of carbonyl (C=O) groups is 2. The smallest absolute Gasteiger partial charge is 0.306 e. The van der Waals surface area contributed by atoms with Crippen LogP contribution in [0.25, 0.3) is 0 Å². The molecule has 0 aromatic carbocycles. The molecule has 0 amide bonds. The standard InChI is InChI=1S/C40H76O5/c1-3-5-7-9-11-13-15-16-17-18-19-20-21-22-23-24-25-27-29-31-33-35-40(43)45-38(36-41)37-44-39(42)34-32-30-28-26-14-12-10-8-6-4-2/h18-19,38,41H,3-17,20-37H2,1-2H3/b19-18-. The van der Waals surface area contributed by atoms with Crippen LogP contribution in [0.1, 0.15) is 213 Å². The number of rotatable bonds is 36. The monoisotopic (exact) mass is 637 g/mol. The molecule has 45 heavy (non-hydrogen) atoms. The Morgan fingerprint density at radius 2 is 0.822 bits per heavy atom. The summed E-state index contributed by atoms with van der Waals surface area (Å²) < 4.78 is 10.6. The van der Waals surface area contributed by atoms with E-state index in [1.54, 1.807) is 0 Å². The SMILES string of the molecule is CCCCCCCCCC/C=C\CCCCCCCCCCCC(=O)OC(CO)COC(=O)CCCCCCCCCCCC. The molecule has 5 nitrogen and oxygen atoms in total. The van der Waals surface area contributed by atoms with Gasteiger partial charge in [0.1, 0.15) is 6.61 Å². The maximum atomic E-state index is 12.2. The second kappa shape index (κ2) is 37.1. The molecule has 0 heterocycles. The van der Waals surface area contributed by atoms with Gasteiger partial charge in [-0.25, -0.2) is 0 Å². The molecule has 0 aliphatic heterocycles. The number of ether oxygens (including phenoxy) is 2. The molecule has 0 spiro atoms. The molecule has 0 aliphatic carbocycles. The van der Waals surface area contributed by atoms with E-state index in [1.807, 2.05) is 0 Å². The van der Waals surface area contributed by atoms with Gasteiger partial charge in [0, 0.05) is 12.8 Å². The molecule has 1 unspecified atom stereocenters. The van der Waals surface area contributed by atoms with Gasteiger partial charge in [0.15, 0.2) is 6.10 Å². The van der Waals surface area contributed by atoms with Crippen molar-refractivity contribution in [2.45, 2.75) is 219 Å². The van der Waals surface area contributed by atoms with Crippen molar-refractivity contribution in [3.8, 4) is 0 Å². The molecule has 1 N–H and O–H groups in total. The van der Waals surface area contributed by atoms with Crippen molar-refractivity contribution < 1.29 is 24.2 Å². The Morgan fingerprint density at radius 1 is 0.489 bits per heavy atom. The van der Waals surface area contributed by atoms with Gasteiger partial charge in [0.05, 0.1) is 6.61 Å². The lowest BCUT2D eigenvalue weighted by Crippen LogP contribution is -2.28. The van der Waals surface area contributed by atoms with Crippen molar-refractivity contribution in [1.29, 1.82) is 0 Å². The molecule has 0 aromatic heterocycles. The highest BCUT2D eigenvalue weighted by Crippen LogP contribution is 2.14. The van der Waals surface area contributed by atoms with Crippen LogP contribution in [-0.2, 0) is 19.1 Å². The average Bonchev–Trinajstić information content (AvgIpc) is 3.04. The van der Waals surface area contributed by atoms with Crippen LogP contribution < -0.4 is 0 Å². The molecular weight excluding hydrogens is 560 g/mol. The van der Waals surface area contributed by atoms with E-state index in [9.17, 15) is 14.7 Å². The van der Waals surface area contributed by atoms with Gasteiger partial charge in [0.2, 0.25) is 0 Å². The van der Waals surface area contributed by atoms with Crippen LogP contribution in [0.2, 0.25) is 0 Å². The number of carbonyl (C=O) groups excluding carboxylic acids is 2. The largest absolute Gasteiger partial charge is 0.462 e. The van der Waals surface area contributed by atoms with E-state index in [0.717, 1.165) is 38.5 Å². The van der Waals surface area contributed by atoms with E-state index in [4.69, 9.17) is 9.47 Å². The molecule has 0 aromatic rings. The zero-order chi connectivity index (χ0) is 32.9. The zero-order valence-corrected chi connectivity index (χ0v) is 30.1. The Hall–Kier alpha value is -1.36. The summed E-state index contributed by atoms with van der Waals surface area (Å²) in [5.41, 5.74) is 0. The molecule has 0 saturated heterocycles. The van der Waals surface area contributed by atoms with E-state index in [0.29, 0.717) is 12.8 Å². The summed E-state index contributed by atoms with van der Waals surface area (Å²) >= 11 is 0. The van der Waals surface area contributed by atoms with Gasteiger partial charge in [-0.3, -0.25) is 9.59 Å². The number of unbranched alkanes of at least 4 members (excludes halogenated alkanes) is 26. The number of aliphatic hydroxyl groups excluding tert-OH is 1. The fourth-order valence-electron chi connectivity index (χ4n) is 5.78. The average molecular weight is 637 g/mol. The van der Waals surface area contributed by atoms with Gasteiger partial charge in [-0.05, 0) is 38.5 Å². The van der Waals surface area contributed by atoms with Crippen molar-refractivity contribution in [3.63, 3.8) is 0 Å². The number of esters is 2. The van der Waals surface area contributed by atoms with Crippen LogP contribution in [0.5, 0.6) is 0 Å². The fraction of sp³-hybridized carbons (Fsp3) is 0.900. The highest BCUT2D eigenvalue weighted by Gasteiger charge is 2.16. The summed E-state index contributed by atoms with van der Waals surface area (Å²) in [4.78, 5) is 24.2. The maximum Gasteiger partial charge on any atom is 0.306 e. The summed E-state index contributed by atoms with van der Waals surface area (Å²) in [6.45, 7) is 4.13. The molecule has 266 valence electrons. The molecule has 1 atom stereocenters. The van der Waals surface area contributed by atoms with E-state index in [2.05, 4.69) is 26.0 Å². The third-order valence-corrected chi connectivity index (χ3v) is 8.81. The number of hydrogen-bond donors (Lipinski definition) is 1. The van der Waals surface area contributed by atoms with E-state index in [1.165, 1.54) is 148 Å². The first kappa shape index (κ1) is 43.6. The second-order valence-corrected chi connectivity index (χ2v) is 13.4. The van der Waals surface area contributed by atoms with Crippen LogP contribution in [-0.4, -0.2) is 36.4 Å². The highest BCUT2D eigenvalue weighted by atomic mass is 16.6. The van der Waals surface area contributed by atoms with Crippen molar-refractivity contribution in [3.05, 3.63) is 12.2 Å². The molecule has 0 saturated carbocycles. The van der Waals surface area contributed by atoms with Gasteiger partial charge < -0.3 is 14.6 Å². The highest BCUT2D eigenvalue weighted by molar-refractivity contribution is 5.70. The van der Waals surface area contributed by atoms with Gasteiger partial charge in [0.25, 0.3) is 0 Å². The predicted molar refractivity (Wildman–Crippen MR) is 192 cm³/mol. The molecule has 0 fully saturated rings. The summed E-state index contributed by atoms with van der Waals surface area (Å²) in [7, 11) is 0. The normalized spacial score (nSPS) is 12.2. The molecule has 0 aliphatic rings. The minimum atomic E-state index is -0.764. The van der Waals surface area contributed by atoms with Gasteiger partial charge in [-0.1, -0.05) is 174 Å². The van der Waals surface area contributed by atoms with Crippen LogP contribution in [0.15, 0.2) is 12.2 Å². The Balaban J connectivity index is 3.49. The molecule has 0 rings (SSSR count). The van der Waals surface area contributed by atoms with E-state index in [-0.39, 0.29) is 25.2 Å². The zero-order valence-electron chi connectivity index (χ0n) is 30.1. The lowest BCUT2D eigenvalue weighted by atomic mass is 10.1. The van der Waals surface area contributed by atoms with Gasteiger partial charge in [-0.15, -0.1) is 0 Å². The molecular formula is C40H76O5. The minimum absolute atomic E-state index is 0.0611. The summed E-state index contributed by atoms with van der Waals surface area (Å²) in [6.07, 6.45) is 41.4. The summed E-state index contributed by atoms with van der Waals surface area (Å²) in [6, 6.07) is 0. The lowest BCUT2D eigenvalue weighted by molar-refractivity contribution is -0.161. The Kier molecular flexibility index (Phi) is 36.0. The third kappa shape index (κ3) is 35.3. The molecule has 0 radical (unpaired) electrons. The number of allylic oxidation sites excluding steroid dienone is 2. The van der Waals surface area contributed by atoms with E-state index >= 15 is 0 Å². The maximum absolute atomic E-state index is 12.2. The second-order valence-electron chi connectivity index (χ2n) is 13.4. The van der Waals surface area contributed by atoms with Gasteiger partial charge in [-0.2, -0.15) is 0 Å². The molecule has 5 heteroatoms. The predicted octanol–water partition coefficient (Wildman–Crippen LogP) is 12.1. The lowest BCUT2D eigenvalue weighted by Gasteiger charge is -2.15. The van der Waals surface area contributed by atoms with Crippen molar-refractivity contribution >= 4 is 11.9 Å². The van der Waals surface area contributed by atoms with Crippen molar-refractivity contribution in [2.75, 3.05) is 13.2 Å².